The summed E-state index contributed by atoms with van der Waals surface area (Å²) >= 11 is 0. The lowest BCUT2D eigenvalue weighted by Gasteiger charge is -2.26. The van der Waals surface area contributed by atoms with Crippen molar-refractivity contribution in [3.05, 3.63) is 106 Å². The lowest BCUT2D eigenvalue weighted by molar-refractivity contribution is -0.132. The van der Waals surface area contributed by atoms with E-state index in [1.807, 2.05) is 87.5 Å². The highest BCUT2D eigenvalue weighted by Crippen LogP contribution is 2.43. The van der Waals surface area contributed by atoms with Gasteiger partial charge in [0.05, 0.1) is 11.6 Å². The third-order valence-electron chi connectivity index (χ3n) is 6.69. The van der Waals surface area contributed by atoms with Gasteiger partial charge in [0, 0.05) is 11.3 Å². The summed E-state index contributed by atoms with van der Waals surface area (Å²) in [6.45, 7) is 12.2. The Morgan fingerprint density at radius 2 is 1.47 bits per heavy atom. The molecule has 4 heteroatoms. The number of rotatable bonds is 3. The van der Waals surface area contributed by atoms with E-state index in [1.165, 1.54) is 4.90 Å². The molecule has 34 heavy (non-hydrogen) atoms. The van der Waals surface area contributed by atoms with Crippen molar-refractivity contribution in [2.45, 2.75) is 53.0 Å². The Morgan fingerprint density at radius 1 is 0.824 bits per heavy atom. The van der Waals surface area contributed by atoms with Crippen LogP contribution in [-0.4, -0.2) is 16.8 Å². The molecule has 1 aliphatic heterocycles. The number of benzene rings is 3. The van der Waals surface area contributed by atoms with Gasteiger partial charge in [0.15, 0.2) is 0 Å². The quantitative estimate of drug-likeness (QED) is 0.278. The average molecular weight is 454 g/mol. The molecule has 1 aliphatic rings. The van der Waals surface area contributed by atoms with Gasteiger partial charge in [-0.05, 0) is 72.2 Å². The second kappa shape index (κ2) is 8.60. The number of carbonyl (C=O) groups excluding carboxylic acids is 2. The first-order valence-electron chi connectivity index (χ1n) is 11.6. The molecule has 1 fully saturated rings. The van der Waals surface area contributed by atoms with Gasteiger partial charge in [-0.15, -0.1) is 0 Å². The Morgan fingerprint density at radius 3 is 2.09 bits per heavy atom. The molecular formula is C30H31NO3. The number of hydrogen-bond donors (Lipinski definition) is 1. The largest absolute Gasteiger partial charge is 0.507 e. The molecule has 1 atom stereocenters. The number of nitrogens with zero attached hydrogens (tertiary/aromatic N) is 1. The van der Waals surface area contributed by atoms with E-state index >= 15 is 0 Å². The highest BCUT2D eigenvalue weighted by atomic mass is 16.3. The van der Waals surface area contributed by atoms with Crippen LogP contribution in [0, 0.1) is 20.8 Å². The number of amides is 1. The molecule has 1 amide bonds. The number of aliphatic hydroxyl groups is 1. The summed E-state index contributed by atoms with van der Waals surface area (Å²) in [5.41, 5.74) is 5.98. The van der Waals surface area contributed by atoms with Crippen LogP contribution in [0.5, 0.6) is 0 Å². The predicted octanol–water partition coefficient (Wildman–Crippen LogP) is 6.54. The number of Topliss-reactive ketones (excluding diaryl/α,β-unsaturated/α-hetero) is 1. The minimum absolute atomic E-state index is 0.114. The van der Waals surface area contributed by atoms with Gasteiger partial charge >= 0.3 is 0 Å². The molecule has 1 heterocycles. The van der Waals surface area contributed by atoms with Crippen molar-refractivity contribution in [3.8, 4) is 0 Å². The van der Waals surface area contributed by atoms with Crippen LogP contribution in [0.1, 0.15) is 60.2 Å². The normalized spacial score (nSPS) is 17.9. The van der Waals surface area contributed by atoms with E-state index in [0.29, 0.717) is 11.3 Å². The molecule has 0 saturated carbocycles. The molecule has 1 N–H and O–H groups in total. The van der Waals surface area contributed by atoms with Crippen LogP contribution >= 0.6 is 0 Å². The molecule has 0 aliphatic carbocycles. The first-order chi connectivity index (χ1) is 16.0. The SMILES string of the molecule is Cc1ccc(N2C(=O)C(=O)/C(=C(/O)c3cc(C(C)(C)C)ccc3C)C2c2ccccc2)cc1C. The summed E-state index contributed by atoms with van der Waals surface area (Å²) in [6.07, 6.45) is 0. The summed E-state index contributed by atoms with van der Waals surface area (Å²) in [5.74, 6) is -1.45. The maximum atomic E-state index is 13.4. The molecular weight excluding hydrogens is 422 g/mol. The van der Waals surface area contributed by atoms with Crippen molar-refractivity contribution >= 4 is 23.1 Å². The molecule has 3 aromatic carbocycles. The molecule has 1 saturated heterocycles. The van der Waals surface area contributed by atoms with E-state index in [-0.39, 0.29) is 16.7 Å². The topological polar surface area (TPSA) is 57.6 Å². The van der Waals surface area contributed by atoms with Crippen LogP contribution in [0.25, 0.3) is 5.76 Å². The fraction of sp³-hybridized carbons (Fsp3) is 0.267. The smallest absolute Gasteiger partial charge is 0.300 e. The van der Waals surface area contributed by atoms with Crippen molar-refractivity contribution in [3.63, 3.8) is 0 Å². The molecule has 4 nitrogen and oxygen atoms in total. The van der Waals surface area contributed by atoms with Crippen molar-refractivity contribution in [2.24, 2.45) is 0 Å². The van der Waals surface area contributed by atoms with Crippen LogP contribution < -0.4 is 4.90 Å². The van der Waals surface area contributed by atoms with Crippen LogP contribution in [0.3, 0.4) is 0 Å². The van der Waals surface area contributed by atoms with Gasteiger partial charge in [-0.2, -0.15) is 0 Å². The first-order valence-corrected chi connectivity index (χ1v) is 11.6. The van der Waals surface area contributed by atoms with Crippen molar-refractivity contribution < 1.29 is 14.7 Å². The average Bonchev–Trinajstić information content (AvgIpc) is 3.06. The molecule has 0 bridgehead atoms. The van der Waals surface area contributed by atoms with Crippen LogP contribution in [0.15, 0.2) is 72.3 Å². The lowest BCUT2D eigenvalue weighted by Crippen LogP contribution is -2.29. The fourth-order valence-electron chi connectivity index (χ4n) is 4.41. The summed E-state index contributed by atoms with van der Waals surface area (Å²) in [4.78, 5) is 28.3. The van der Waals surface area contributed by atoms with Crippen LogP contribution in [0.2, 0.25) is 0 Å². The molecule has 1 unspecified atom stereocenters. The zero-order valence-corrected chi connectivity index (χ0v) is 20.6. The maximum absolute atomic E-state index is 13.4. The molecule has 0 aromatic heterocycles. The zero-order chi connectivity index (χ0) is 24.8. The number of hydrogen-bond acceptors (Lipinski definition) is 3. The van der Waals surface area contributed by atoms with Gasteiger partial charge in [-0.1, -0.05) is 69.3 Å². The minimum Gasteiger partial charge on any atom is -0.507 e. The van der Waals surface area contributed by atoms with E-state index in [2.05, 4.69) is 20.8 Å². The number of ketones is 1. The predicted molar refractivity (Wildman–Crippen MR) is 137 cm³/mol. The number of anilines is 1. The van der Waals surface area contributed by atoms with Gasteiger partial charge in [-0.25, -0.2) is 0 Å². The second-order valence-corrected chi connectivity index (χ2v) is 10.1. The fourth-order valence-corrected chi connectivity index (χ4v) is 4.41. The van der Waals surface area contributed by atoms with Crippen molar-refractivity contribution in [1.29, 1.82) is 0 Å². The molecule has 0 radical (unpaired) electrons. The Kier molecular flexibility index (Phi) is 5.94. The van der Waals surface area contributed by atoms with Gasteiger partial charge in [0.2, 0.25) is 0 Å². The maximum Gasteiger partial charge on any atom is 0.300 e. The molecule has 174 valence electrons. The Balaban J connectivity index is 1.98. The van der Waals surface area contributed by atoms with Crippen LogP contribution in [0.4, 0.5) is 5.69 Å². The molecule has 0 spiro atoms. The van der Waals surface area contributed by atoms with E-state index in [1.54, 1.807) is 0 Å². The van der Waals surface area contributed by atoms with E-state index in [0.717, 1.165) is 27.8 Å². The minimum atomic E-state index is -0.721. The van der Waals surface area contributed by atoms with Gasteiger partial charge in [-0.3, -0.25) is 14.5 Å². The Labute approximate surface area is 201 Å². The second-order valence-electron chi connectivity index (χ2n) is 10.1. The van der Waals surface area contributed by atoms with E-state index in [4.69, 9.17) is 0 Å². The third kappa shape index (κ3) is 4.05. The number of aryl methyl sites for hydroxylation is 3. The van der Waals surface area contributed by atoms with Gasteiger partial charge < -0.3 is 5.11 Å². The molecule has 3 aromatic rings. The number of aliphatic hydroxyl groups excluding tert-OH is 1. The van der Waals surface area contributed by atoms with E-state index < -0.39 is 17.7 Å². The Hall–Kier alpha value is -3.66. The van der Waals surface area contributed by atoms with E-state index in [9.17, 15) is 14.7 Å². The lowest BCUT2D eigenvalue weighted by atomic mass is 9.84. The van der Waals surface area contributed by atoms with Gasteiger partial charge in [0.1, 0.15) is 5.76 Å². The van der Waals surface area contributed by atoms with Crippen LogP contribution in [-0.2, 0) is 15.0 Å². The molecule has 4 rings (SSSR count). The highest BCUT2D eigenvalue weighted by Gasteiger charge is 2.47. The standard InChI is InChI=1S/C30H31NO3/c1-18-13-15-23(16-20(18)3)31-26(21-10-8-7-9-11-21)25(28(33)29(31)34)27(32)24-17-22(30(4,5)6)14-12-19(24)2/h7-17,26,32H,1-6H3/b27-25+. The van der Waals surface area contributed by atoms with Gasteiger partial charge in [0.25, 0.3) is 11.7 Å². The van der Waals surface area contributed by atoms with Crippen molar-refractivity contribution in [2.75, 3.05) is 4.90 Å². The van der Waals surface area contributed by atoms with Crippen molar-refractivity contribution in [1.82, 2.24) is 0 Å². The summed E-state index contributed by atoms with van der Waals surface area (Å²) in [5, 5.41) is 11.6. The summed E-state index contributed by atoms with van der Waals surface area (Å²) < 4.78 is 0. The Bertz CT molecular complexity index is 1310. The first kappa shape index (κ1) is 23.5. The number of carbonyl (C=O) groups is 2. The summed E-state index contributed by atoms with van der Waals surface area (Å²) in [6, 6.07) is 20.3. The zero-order valence-electron chi connectivity index (χ0n) is 20.6. The highest BCUT2D eigenvalue weighted by molar-refractivity contribution is 6.51. The summed E-state index contributed by atoms with van der Waals surface area (Å²) in [7, 11) is 0. The third-order valence-corrected chi connectivity index (χ3v) is 6.69. The monoisotopic (exact) mass is 453 g/mol.